The number of hydrogen-bond donors (Lipinski definition) is 2. The Balaban J connectivity index is 2.09. The Hall–Kier alpha value is -2.04. The van der Waals surface area contributed by atoms with E-state index >= 15 is 0 Å². The van der Waals surface area contributed by atoms with Crippen LogP contribution in [0.15, 0.2) is 24.3 Å². The molecule has 0 unspecified atom stereocenters. The second-order valence-corrected chi connectivity index (χ2v) is 5.28. The maximum atomic E-state index is 12.5. The number of benzene rings is 1. The van der Waals surface area contributed by atoms with Gasteiger partial charge in [0, 0.05) is 24.3 Å². The number of carbonyl (C=O) groups excluding carboxylic acids is 2. The van der Waals surface area contributed by atoms with E-state index in [0.29, 0.717) is 17.3 Å². The normalized spacial score (nSPS) is 15.7. The van der Waals surface area contributed by atoms with Crippen molar-refractivity contribution in [1.82, 2.24) is 4.90 Å². The van der Waals surface area contributed by atoms with E-state index in [1.807, 2.05) is 11.9 Å². The van der Waals surface area contributed by atoms with Gasteiger partial charge in [0.05, 0.1) is 0 Å². The minimum absolute atomic E-state index is 0.00924. The molecule has 2 rings (SSSR count). The van der Waals surface area contributed by atoms with E-state index in [2.05, 4.69) is 5.32 Å². The van der Waals surface area contributed by atoms with Gasteiger partial charge >= 0.3 is 6.03 Å². The number of nitrogens with one attached hydrogen (secondary N) is 1. The monoisotopic (exact) mass is 275 g/mol. The number of amides is 3. The topological polar surface area (TPSA) is 75.4 Å². The standard InChI is InChI=1S/C15H21N3O2/c1-18(13-8-3-2-4-9-13)14(19)11-6-5-7-12(10-11)17-15(16)20/h5-7,10,13H,2-4,8-9H2,1H3,(H3,16,17,20). The Bertz CT molecular complexity index is 496. The number of nitrogens with zero attached hydrogens (tertiary/aromatic N) is 1. The molecule has 1 fully saturated rings. The zero-order valence-corrected chi connectivity index (χ0v) is 11.8. The summed E-state index contributed by atoms with van der Waals surface area (Å²) in [6, 6.07) is 6.56. The van der Waals surface area contributed by atoms with Gasteiger partial charge in [-0.3, -0.25) is 4.79 Å². The molecule has 0 aromatic heterocycles. The molecule has 0 radical (unpaired) electrons. The van der Waals surface area contributed by atoms with Gasteiger partial charge in [-0.15, -0.1) is 0 Å². The minimum atomic E-state index is -0.629. The molecule has 1 aliphatic carbocycles. The fourth-order valence-corrected chi connectivity index (χ4v) is 2.71. The summed E-state index contributed by atoms with van der Waals surface area (Å²) in [5.74, 6) is -0.00924. The van der Waals surface area contributed by atoms with Crippen LogP contribution in [0.1, 0.15) is 42.5 Å². The molecule has 5 heteroatoms. The average molecular weight is 275 g/mol. The zero-order valence-electron chi connectivity index (χ0n) is 11.8. The SMILES string of the molecule is CN(C(=O)c1cccc(NC(N)=O)c1)C1CCCCC1. The second kappa shape index (κ2) is 6.41. The summed E-state index contributed by atoms with van der Waals surface area (Å²) >= 11 is 0. The highest BCUT2D eigenvalue weighted by Gasteiger charge is 2.23. The molecule has 3 amide bonds. The molecule has 0 heterocycles. The van der Waals surface area contributed by atoms with Gasteiger partial charge < -0.3 is 16.0 Å². The molecule has 5 nitrogen and oxygen atoms in total. The van der Waals surface area contributed by atoms with Gasteiger partial charge in [0.15, 0.2) is 0 Å². The smallest absolute Gasteiger partial charge is 0.316 e. The highest BCUT2D eigenvalue weighted by molar-refractivity contribution is 5.96. The van der Waals surface area contributed by atoms with E-state index in [1.54, 1.807) is 24.3 Å². The Morgan fingerprint density at radius 2 is 1.95 bits per heavy atom. The molecule has 1 aromatic rings. The molecule has 3 N–H and O–H groups in total. The first-order valence-corrected chi connectivity index (χ1v) is 7.01. The highest BCUT2D eigenvalue weighted by Crippen LogP contribution is 2.23. The fraction of sp³-hybridized carbons (Fsp3) is 0.467. The lowest BCUT2D eigenvalue weighted by Crippen LogP contribution is -2.38. The summed E-state index contributed by atoms with van der Waals surface area (Å²) in [4.78, 5) is 25.1. The number of nitrogens with two attached hydrogens (primary N) is 1. The Morgan fingerprint density at radius 1 is 1.25 bits per heavy atom. The Morgan fingerprint density at radius 3 is 2.60 bits per heavy atom. The van der Waals surface area contributed by atoms with Crippen LogP contribution in [0.2, 0.25) is 0 Å². The van der Waals surface area contributed by atoms with E-state index in [-0.39, 0.29) is 5.91 Å². The third-order valence-corrected chi connectivity index (χ3v) is 3.82. The van der Waals surface area contributed by atoms with Crippen molar-refractivity contribution in [3.63, 3.8) is 0 Å². The predicted octanol–water partition coefficient (Wildman–Crippen LogP) is 2.58. The van der Waals surface area contributed by atoms with E-state index in [9.17, 15) is 9.59 Å². The van der Waals surface area contributed by atoms with Crippen LogP contribution < -0.4 is 11.1 Å². The van der Waals surface area contributed by atoms with Gasteiger partial charge in [-0.25, -0.2) is 4.79 Å². The van der Waals surface area contributed by atoms with Gasteiger partial charge in [0.2, 0.25) is 0 Å². The Labute approximate surface area is 119 Å². The number of carbonyl (C=O) groups is 2. The minimum Gasteiger partial charge on any atom is -0.351 e. The van der Waals surface area contributed by atoms with Crippen LogP contribution in [0.25, 0.3) is 0 Å². The molecule has 0 spiro atoms. The molecule has 0 bridgehead atoms. The molecule has 108 valence electrons. The lowest BCUT2D eigenvalue weighted by atomic mass is 9.94. The van der Waals surface area contributed by atoms with Crippen molar-refractivity contribution in [3.05, 3.63) is 29.8 Å². The van der Waals surface area contributed by atoms with Crippen molar-refractivity contribution in [2.45, 2.75) is 38.1 Å². The summed E-state index contributed by atoms with van der Waals surface area (Å²) in [7, 11) is 1.85. The van der Waals surface area contributed by atoms with Crippen molar-refractivity contribution in [2.75, 3.05) is 12.4 Å². The molecule has 0 saturated heterocycles. The number of primary amides is 1. The van der Waals surface area contributed by atoms with Crippen LogP contribution in [0.4, 0.5) is 10.5 Å². The van der Waals surface area contributed by atoms with Crippen LogP contribution >= 0.6 is 0 Å². The van der Waals surface area contributed by atoms with Gasteiger partial charge in [-0.1, -0.05) is 25.3 Å². The molecule has 1 saturated carbocycles. The molecule has 1 aromatic carbocycles. The molecule has 20 heavy (non-hydrogen) atoms. The number of urea groups is 1. The van der Waals surface area contributed by atoms with Crippen LogP contribution in [-0.4, -0.2) is 29.9 Å². The van der Waals surface area contributed by atoms with Crippen LogP contribution in [0, 0.1) is 0 Å². The summed E-state index contributed by atoms with van der Waals surface area (Å²) in [6.45, 7) is 0. The largest absolute Gasteiger partial charge is 0.351 e. The fourth-order valence-electron chi connectivity index (χ4n) is 2.71. The summed E-state index contributed by atoms with van der Waals surface area (Å²) in [6.07, 6.45) is 5.77. The maximum absolute atomic E-state index is 12.5. The lowest BCUT2D eigenvalue weighted by Gasteiger charge is -2.31. The van der Waals surface area contributed by atoms with Crippen molar-refractivity contribution in [1.29, 1.82) is 0 Å². The first-order chi connectivity index (χ1) is 9.58. The third-order valence-electron chi connectivity index (χ3n) is 3.82. The molecule has 1 aliphatic rings. The van der Waals surface area contributed by atoms with Crippen molar-refractivity contribution >= 4 is 17.6 Å². The number of anilines is 1. The lowest BCUT2D eigenvalue weighted by molar-refractivity contribution is 0.0696. The summed E-state index contributed by atoms with van der Waals surface area (Å²) in [5, 5.41) is 2.49. The Kier molecular flexibility index (Phi) is 4.61. The van der Waals surface area contributed by atoms with Crippen LogP contribution in [0.5, 0.6) is 0 Å². The van der Waals surface area contributed by atoms with Gasteiger partial charge in [-0.2, -0.15) is 0 Å². The number of rotatable bonds is 3. The maximum Gasteiger partial charge on any atom is 0.316 e. The van der Waals surface area contributed by atoms with Crippen LogP contribution in [0.3, 0.4) is 0 Å². The molecule has 0 atom stereocenters. The first-order valence-electron chi connectivity index (χ1n) is 7.01. The highest BCUT2D eigenvalue weighted by atomic mass is 16.2. The zero-order chi connectivity index (χ0) is 14.5. The van der Waals surface area contributed by atoms with E-state index in [1.165, 1.54) is 19.3 Å². The quantitative estimate of drug-likeness (QED) is 0.889. The van der Waals surface area contributed by atoms with E-state index < -0.39 is 6.03 Å². The van der Waals surface area contributed by atoms with Gasteiger partial charge in [0.25, 0.3) is 5.91 Å². The van der Waals surface area contributed by atoms with E-state index in [4.69, 9.17) is 5.73 Å². The third kappa shape index (κ3) is 3.50. The summed E-state index contributed by atoms with van der Waals surface area (Å²) in [5.41, 5.74) is 6.20. The second-order valence-electron chi connectivity index (χ2n) is 5.28. The summed E-state index contributed by atoms with van der Waals surface area (Å²) < 4.78 is 0. The number of hydrogen-bond acceptors (Lipinski definition) is 2. The van der Waals surface area contributed by atoms with Crippen molar-refractivity contribution in [3.8, 4) is 0 Å². The molecule has 0 aliphatic heterocycles. The molecular weight excluding hydrogens is 254 g/mol. The van der Waals surface area contributed by atoms with Crippen LogP contribution in [-0.2, 0) is 0 Å². The van der Waals surface area contributed by atoms with Crippen molar-refractivity contribution in [2.24, 2.45) is 5.73 Å². The van der Waals surface area contributed by atoms with Crippen molar-refractivity contribution < 1.29 is 9.59 Å². The van der Waals surface area contributed by atoms with Gasteiger partial charge in [-0.05, 0) is 31.0 Å². The first kappa shape index (κ1) is 14.4. The van der Waals surface area contributed by atoms with Gasteiger partial charge in [0.1, 0.15) is 0 Å². The predicted molar refractivity (Wildman–Crippen MR) is 78.6 cm³/mol. The van der Waals surface area contributed by atoms with E-state index in [0.717, 1.165) is 12.8 Å². The molecular formula is C15H21N3O2. The average Bonchev–Trinajstić information content (AvgIpc) is 2.46.